The van der Waals surface area contributed by atoms with E-state index in [4.69, 9.17) is 4.74 Å². The minimum absolute atomic E-state index is 0.187. The number of benzene rings is 1. The van der Waals surface area contributed by atoms with Crippen LogP contribution in [-0.2, 0) is 6.54 Å². The Hall–Kier alpha value is -2.69. The molecule has 5 heteroatoms. The second-order valence-corrected chi connectivity index (χ2v) is 4.58. The summed E-state index contributed by atoms with van der Waals surface area (Å²) in [5.74, 6) is 0. The summed E-state index contributed by atoms with van der Waals surface area (Å²) in [7, 11) is 0. The van der Waals surface area contributed by atoms with Gasteiger partial charge in [-0.15, -0.1) is 0 Å². The van der Waals surface area contributed by atoms with Gasteiger partial charge in [0.05, 0.1) is 13.2 Å². The maximum Gasteiger partial charge on any atom is 0.300 e. The highest BCUT2D eigenvalue weighted by Crippen LogP contribution is 2.13. The minimum Gasteiger partial charge on any atom is -0.465 e. The van der Waals surface area contributed by atoms with Gasteiger partial charge in [0.25, 0.3) is 11.6 Å². The molecule has 0 N–H and O–H groups in total. The first kappa shape index (κ1) is 13.3. The van der Waals surface area contributed by atoms with Gasteiger partial charge in [-0.3, -0.25) is 9.36 Å². The molecular weight excluding hydrogens is 266 g/mol. The smallest absolute Gasteiger partial charge is 0.300 e. The van der Waals surface area contributed by atoms with Crippen molar-refractivity contribution in [1.82, 2.24) is 14.5 Å². The molecule has 0 unspecified atom stereocenters. The molecule has 21 heavy (non-hydrogen) atoms. The Labute approximate surface area is 121 Å². The van der Waals surface area contributed by atoms with Gasteiger partial charge >= 0.3 is 0 Å². The van der Waals surface area contributed by atoms with E-state index in [2.05, 4.69) is 9.97 Å². The van der Waals surface area contributed by atoms with Gasteiger partial charge < -0.3 is 4.74 Å². The van der Waals surface area contributed by atoms with E-state index >= 15 is 0 Å². The molecule has 0 amide bonds. The molecule has 0 radical (unpaired) electrons. The average Bonchev–Trinajstić information content (AvgIpc) is 2.52. The monoisotopic (exact) mass is 281 g/mol. The third-order valence-corrected chi connectivity index (χ3v) is 3.14. The van der Waals surface area contributed by atoms with Crippen LogP contribution in [0.1, 0.15) is 12.5 Å². The second-order valence-electron chi connectivity index (χ2n) is 4.58. The van der Waals surface area contributed by atoms with Gasteiger partial charge in [-0.05, 0) is 24.6 Å². The standard InChI is InChI=1S/C16H15N3O2/c1-2-21-16-18-13-9-6-10-17-14(13)15(20)19(16)11-12-7-4-3-5-8-12/h3-10H,2,11H2,1H3. The van der Waals surface area contributed by atoms with E-state index in [1.54, 1.807) is 18.3 Å². The molecule has 0 aliphatic heterocycles. The van der Waals surface area contributed by atoms with Gasteiger partial charge in [-0.25, -0.2) is 4.98 Å². The zero-order valence-electron chi connectivity index (χ0n) is 11.7. The van der Waals surface area contributed by atoms with Gasteiger partial charge in [0, 0.05) is 6.20 Å². The Bertz CT molecular complexity index is 813. The van der Waals surface area contributed by atoms with Crippen molar-refractivity contribution in [3.05, 3.63) is 64.6 Å². The van der Waals surface area contributed by atoms with Gasteiger partial charge in [0.1, 0.15) is 5.52 Å². The highest BCUT2D eigenvalue weighted by Gasteiger charge is 2.12. The molecule has 106 valence electrons. The van der Waals surface area contributed by atoms with Crippen molar-refractivity contribution in [2.75, 3.05) is 6.61 Å². The summed E-state index contributed by atoms with van der Waals surface area (Å²) < 4.78 is 7.04. The molecule has 0 aliphatic rings. The zero-order valence-corrected chi connectivity index (χ0v) is 11.7. The highest BCUT2D eigenvalue weighted by molar-refractivity contribution is 5.72. The van der Waals surface area contributed by atoms with Crippen molar-refractivity contribution < 1.29 is 4.74 Å². The lowest BCUT2D eigenvalue weighted by Crippen LogP contribution is -2.25. The van der Waals surface area contributed by atoms with Crippen molar-refractivity contribution in [2.45, 2.75) is 13.5 Å². The lowest BCUT2D eigenvalue weighted by molar-refractivity contribution is 0.293. The maximum atomic E-state index is 12.6. The first-order chi connectivity index (χ1) is 10.3. The van der Waals surface area contributed by atoms with Crippen LogP contribution in [0.25, 0.3) is 11.0 Å². The molecule has 0 aliphatic carbocycles. The molecule has 2 aromatic heterocycles. The van der Waals surface area contributed by atoms with Crippen LogP contribution in [0.15, 0.2) is 53.5 Å². The van der Waals surface area contributed by atoms with Gasteiger partial charge in [-0.1, -0.05) is 30.3 Å². The predicted octanol–water partition coefficient (Wildman–Crippen LogP) is 2.24. The quantitative estimate of drug-likeness (QED) is 0.736. The zero-order chi connectivity index (χ0) is 14.7. The second kappa shape index (κ2) is 5.75. The van der Waals surface area contributed by atoms with E-state index in [9.17, 15) is 4.79 Å². The molecule has 0 saturated carbocycles. The largest absolute Gasteiger partial charge is 0.465 e. The van der Waals surface area contributed by atoms with Gasteiger partial charge in [0.15, 0.2) is 5.52 Å². The van der Waals surface area contributed by atoms with Crippen LogP contribution in [-0.4, -0.2) is 21.1 Å². The van der Waals surface area contributed by atoms with E-state index in [-0.39, 0.29) is 5.56 Å². The number of hydrogen-bond acceptors (Lipinski definition) is 4. The Kier molecular flexibility index (Phi) is 3.64. The molecular formula is C16H15N3O2. The summed E-state index contributed by atoms with van der Waals surface area (Å²) in [6.07, 6.45) is 1.60. The van der Waals surface area contributed by atoms with Crippen LogP contribution in [0.2, 0.25) is 0 Å². The maximum absolute atomic E-state index is 12.6. The first-order valence-electron chi connectivity index (χ1n) is 6.82. The topological polar surface area (TPSA) is 57.0 Å². The third-order valence-electron chi connectivity index (χ3n) is 3.14. The Morgan fingerprint density at radius 2 is 1.95 bits per heavy atom. The highest BCUT2D eigenvalue weighted by atomic mass is 16.5. The predicted molar refractivity (Wildman–Crippen MR) is 80.5 cm³/mol. The summed E-state index contributed by atoms with van der Waals surface area (Å²) >= 11 is 0. The molecule has 0 fully saturated rings. The summed E-state index contributed by atoms with van der Waals surface area (Å²) in [6.45, 7) is 2.73. The fourth-order valence-corrected chi connectivity index (χ4v) is 2.17. The van der Waals surface area contributed by atoms with Crippen molar-refractivity contribution in [3.63, 3.8) is 0 Å². The van der Waals surface area contributed by atoms with Crippen LogP contribution in [0.5, 0.6) is 6.01 Å². The van der Waals surface area contributed by atoms with Crippen molar-refractivity contribution in [1.29, 1.82) is 0 Å². The summed E-state index contributed by atoms with van der Waals surface area (Å²) in [5, 5.41) is 0. The van der Waals surface area contributed by atoms with Crippen LogP contribution in [0.3, 0.4) is 0 Å². The van der Waals surface area contributed by atoms with E-state index in [0.29, 0.717) is 30.2 Å². The molecule has 0 atom stereocenters. The summed E-state index contributed by atoms with van der Waals surface area (Å²) in [5.41, 5.74) is 1.73. The fraction of sp³-hybridized carbons (Fsp3) is 0.188. The molecule has 3 aromatic rings. The van der Waals surface area contributed by atoms with Gasteiger partial charge in [0.2, 0.25) is 0 Å². The number of pyridine rings is 1. The average molecular weight is 281 g/mol. The molecule has 2 heterocycles. The number of aromatic nitrogens is 3. The Balaban J connectivity index is 2.17. The SMILES string of the molecule is CCOc1nc2cccnc2c(=O)n1Cc1ccccc1. The minimum atomic E-state index is -0.187. The molecule has 1 aromatic carbocycles. The molecule has 0 bridgehead atoms. The van der Waals surface area contributed by atoms with E-state index in [1.165, 1.54) is 4.57 Å². The van der Waals surface area contributed by atoms with Gasteiger partial charge in [-0.2, -0.15) is 4.98 Å². The molecule has 3 rings (SSSR count). The van der Waals surface area contributed by atoms with Crippen LogP contribution in [0.4, 0.5) is 0 Å². The summed E-state index contributed by atoms with van der Waals surface area (Å²) in [6, 6.07) is 13.6. The third kappa shape index (κ3) is 2.63. The fourth-order valence-electron chi connectivity index (χ4n) is 2.17. The Morgan fingerprint density at radius 1 is 1.14 bits per heavy atom. The molecule has 5 nitrogen and oxygen atoms in total. The number of fused-ring (bicyclic) bond motifs is 1. The number of hydrogen-bond donors (Lipinski definition) is 0. The van der Waals surface area contributed by atoms with Crippen molar-refractivity contribution in [3.8, 4) is 6.01 Å². The molecule has 0 saturated heterocycles. The van der Waals surface area contributed by atoms with Crippen LogP contribution in [0, 0.1) is 0 Å². The van der Waals surface area contributed by atoms with E-state index < -0.39 is 0 Å². The van der Waals surface area contributed by atoms with Crippen molar-refractivity contribution in [2.24, 2.45) is 0 Å². The Morgan fingerprint density at radius 3 is 2.71 bits per heavy atom. The summed E-state index contributed by atoms with van der Waals surface area (Å²) in [4.78, 5) is 21.1. The number of rotatable bonds is 4. The van der Waals surface area contributed by atoms with E-state index in [0.717, 1.165) is 5.56 Å². The van der Waals surface area contributed by atoms with Crippen molar-refractivity contribution >= 4 is 11.0 Å². The first-order valence-corrected chi connectivity index (χ1v) is 6.82. The van der Waals surface area contributed by atoms with Crippen LogP contribution >= 0.6 is 0 Å². The number of nitrogens with zero attached hydrogens (tertiary/aromatic N) is 3. The number of ether oxygens (including phenoxy) is 1. The van der Waals surface area contributed by atoms with E-state index in [1.807, 2.05) is 37.3 Å². The molecule has 0 spiro atoms. The van der Waals surface area contributed by atoms with Crippen LogP contribution < -0.4 is 10.3 Å². The lowest BCUT2D eigenvalue weighted by Gasteiger charge is -2.12. The normalized spacial score (nSPS) is 10.7. The lowest BCUT2D eigenvalue weighted by atomic mass is 10.2.